The number of aryl methyl sites for hydroxylation is 1. The van der Waals surface area contributed by atoms with Crippen LogP contribution in [0.4, 0.5) is 5.82 Å². The van der Waals surface area contributed by atoms with E-state index in [1.807, 2.05) is 13.8 Å². The lowest BCUT2D eigenvalue weighted by Gasteiger charge is -2.13. The molecular weight excluding hydrogens is 322 g/mol. The molecule has 2 rings (SSSR count). The highest BCUT2D eigenvalue weighted by atomic mass is 16.5. The number of ether oxygens (including phenoxy) is 2. The Morgan fingerprint density at radius 3 is 2.44 bits per heavy atom. The maximum atomic E-state index is 12.4. The Morgan fingerprint density at radius 1 is 1.12 bits per heavy atom. The SMILES string of the molecule is CCCOc1ccc(C(=O)Nc2ccn(C)c(=O)n2)cc1OCCC. The highest BCUT2D eigenvalue weighted by molar-refractivity contribution is 6.04. The van der Waals surface area contributed by atoms with Crippen LogP contribution in [0.3, 0.4) is 0 Å². The van der Waals surface area contributed by atoms with E-state index in [-0.39, 0.29) is 11.7 Å². The molecule has 0 radical (unpaired) electrons. The van der Waals surface area contributed by atoms with Crippen molar-refractivity contribution < 1.29 is 14.3 Å². The summed E-state index contributed by atoms with van der Waals surface area (Å²) in [6.45, 7) is 5.13. The van der Waals surface area contributed by atoms with Crippen LogP contribution in [0, 0.1) is 0 Å². The minimum atomic E-state index is -0.437. The highest BCUT2D eigenvalue weighted by Gasteiger charge is 2.13. The predicted molar refractivity (Wildman–Crippen MR) is 95.4 cm³/mol. The lowest BCUT2D eigenvalue weighted by Crippen LogP contribution is -2.22. The van der Waals surface area contributed by atoms with E-state index in [2.05, 4.69) is 10.3 Å². The number of benzene rings is 1. The average molecular weight is 345 g/mol. The van der Waals surface area contributed by atoms with E-state index in [4.69, 9.17) is 9.47 Å². The molecule has 134 valence electrons. The van der Waals surface area contributed by atoms with Crippen LogP contribution in [0.5, 0.6) is 11.5 Å². The molecule has 0 saturated heterocycles. The van der Waals surface area contributed by atoms with Crippen molar-refractivity contribution in [2.24, 2.45) is 7.05 Å². The van der Waals surface area contributed by atoms with Gasteiger partial charge < -0.3 is 19.4 Å². The van der Waals surface area contributed by atoms with Crippen LogP contribution in [0.1, 0.15) is 37.0 Å². The molecule has 1 N–H and O–H groups in total. The van der Waals surface area contributed by atoms with Crippen molar-refractivity contribution in [3.05, 3.63) is 46.5 Å². The van der Waals surface area contributed by atoms with Crippen LogP contribution < -0.4 is 20.5 Å². The van der Waals surface area contributed by atoms with Crippen molar-refractivity contribution in [1.82, 2.24) is 9.55 Å². The van der Waals surface area contributed by atoms with Gasteiger partial charge in [0.15, 0.2) is 11.5 Å². The first-order valence-corrected chi connectivity index (χ1v) is 8.29. The van der Waals surface area contributed by atoms with Gasteiger partial charge in [0.05, 0.1) is 13.2 Å². The lowest BCUT2D eigenvalue weighted by atomic mass is 10.2. The third-order valence-electron chi connectivity index (χ3n) is 3.34. The molecule has 0 fully saturated rings. The van der Waals surface area contributed by atoms with Gasteiger partial charge in [-0.15, -0.1) is 0 Å². The second-order valence-corrected chi connectivity index (χ2v) is 5.52. The van der Waals surface area contributed by atoms with E-state index in [1.54, 1.807) is 37.5 Å². The fraction of sp³-hybridized carbons (Fsp3) is 0.389. The molecule has 0 bridgehead atoms. The van der Waals surface area contributed by atoms with Crippen molar-refractivity contribution in [3.63, 3.8) is 0 Å². The standard InChI is InChI=1S/C18H23N3O4/c1-4-10-24-14-7-6-13(12-15(14)25-11-5-2)17(22)19-16-8-9-21(3)18(23)20-16/h6-9,12H,4-5,10-11H2,1-3H3,(H,19,20,22,23). The first-order valence-electron chi connectivity index (χ1n) is 8.29. The van der Waals surface area contributed by atoms with Crippen molar-refractivity contribution in [2.75, 3.05) is 18.5 Å². The minimum Gasteiger partial charge on any atom is -0.490 e. The first kappa shape index (κ1) is 18.5. The molecule has 1 aromatic heterocycles. The summed E-state index contributed by atoms with van der Waals surface area (Å²) in [6, 6.07) is 6.57. The number of rotatable bonds is 8. The van der Waals surface area contributed by atoms with Gasteiger partial charge in [0.25, 0.3) is 5.91 Å². The van der Waals surface area contributed by atoms with Crippen LogP contribution in [0.2, 0.25) is 0 Å². The molecule has 2 aromatic rings. The molecular formula is C18H23N3O4. The third-order valence-corrected chi connectivity index (χ3v) is 3.34. The van der Waals surface area contributed by atoms with Gasteiger partial charge in [-0.3, -0.25) is 4.79 Å². The molecule has 0 unspecified atom stereocenters. The van der Waals surface area contributed by atoms with Crippen LogP contribution in [0.25, 0.3) is 0 Å². The minimum absolute atomic E-state index is 0.204. The summed E-state index contributed by atoms with van der Waals surface area (Å²) >= 11 is 0. The second kappa shape index (κ2) is 8.86. The van der Waals surface area contributed by atoms with Crippen LogP contribution >= 0.6 is 0 Å². The van der Waals surface area contributed by atoms with E-state index < -0.39 is 5.69 Å². The van der Waals surface area contributed by atoms with Gasteiger partial charge in [-0.2, -0.15) is 4.98 Å². The molecule has 1 aromatic carbocycles. The zero-order valence-electron chi connectivity index (χ0n) is 14.7. The number of nitrogens with zero attached hydrogens (tertiary/aromatic N) is 2. The van der Waals surface area contributed by atoms with Gasteiger partial charge in [0, 0.05) is 18.8 Å². The number of carbonyl (C=O) groups is 1. The molecule has 1 heterocycles. The molecule has 25 heavy (non-hydrogen) atoms. The average Bonchev–Trinajstić information content (AvgIpc) is 2.61. The zero-order valence-corrected chi connectivity index (χ0v) is 14.7. The number of hydrogen-bond acceptors (Lipinski definition) is 5. The largest absolute Gasteiger partial charge is 0.490 e. The quantitative estimate of drug-likeness (QED) is 0.795. The fourth-order valence-electron chi connectivity index (χ4n) is 2.03. The van der Waals surface area contributed by atoms with Gasteiger partial charge in [0.2, 0.25) is 0 Å². The zero-order chi connectivity index (χ0) is 18.2. The smallest absolute Gasteiger partial charge is 0.349 e. The van der Waals surface area contributed by atoms with Gasteiger partial charge >= 0.3 is 5.69 Å². The summed E-state index contributed by atoms with van der Waals surface area (Å²) in [7, 11) is 1.59. The molecule has 1 amide bonds. The van der Waals surface area contributed by atoms with Crippen LogP contribution in [-0.4, -0.2) is 28.7 Å². The number of carbonyl (C=O) groups excluding carboxylic acids is 1. The molecule has 0 aliphatic carbocycles. The second-order valence-electron chi connectivity index (χ2n) is 5.52. The Hall–Kier alpha value is -2.83. The summed E-state index contributed by atoms with van der Waals surface area (Å²) in [4.78, 5) is 27.7. The molecule has 0 aliphatic rings. The topological polar surface area (TPSA) is 82.5 Å². The Labute approximate surface area is 146 Å². The molecule has 0 aliphatic heterocycles. The van der Waals surface area contributed by atoms with Crippen LogP contribution in [-0.2, 0) is 7.05 Å². The van der Waals surface area contributed by atoms with E-state index in [9.17, 15) is 9.59 Å². The molecule has 0 spiro atoms. The van der Waals surface area contributed by atoms with Crippen molar-refractivity contribution in [2.45, 2.75) is 26.7 Å². The Bertz CT molecular complexity index is 786. The molecule has 7 heteroatoms. The lowest BCUT2D eigenvalue weighted by molar-refractivity contribution is 0.102. The van der Waals surface area contributed by atoms with E-state index in [0.29, 0.717) is 30.3 Å². The Morgan fingerprint density at radius 2 is 1.80 bits per heavy atom. The molecule has 0 saturated carbocycles. The summed E-state index contributed by atoms with van der Waals surface area (Å²) < 4.78 is 12.7. The first-order chi connectivity index (χ1) is 12.0. The van der Waals surface area contributed by atoms with Gasteiger partial charge in [0.1, 0.15) is 5.82 Å². The van der Waals surface area contributed by atoms with Gasteiger partial charge in [-0.25, -0.2) is 4.79 Å². The summed E-state index contributed by atoms with van der Waals surface area (Å²) in [5.41, 5.74) is -0.0366. The number of aromatic nitrogens is 2. The number of anilines is 1. The van der Waals surface area contributed by atoms with E-state index in [0.717, 1.165) is 12.8 Å². The summed E-state index contributed by atoms with van der Waals surface area (Å²) in [5, 5.41) is 2.61. The van der Waals surface area contributed by atoms with Crippen LogP contribution in [0.15, 0.2) is 35.3 Å². The van der Waals surface area contributed by atoms with Gasteiger partial charge in [-0.1, -0.05) is 13.8 Å². The summed E-state index contributed by atoms with van der Waals surface area (Å²) in [5.74, 6) is 0.970. The van der Waals surface area contributed by atoms with Gasteiger partial charge in [-0.05, 0) is 37.1 Å². The number of nitrogens with one attached hydrogen (secondary N) is 1. The highest BCUT2D eigenvalue weighted by Crippen LogP contribution is 2.29. The Kier molecular flexibility index (Phi) is 6.56. The van der Waals surface area contributed by atoms with Crippen molar-refractivity contribution in [3.8, 4) is 11.5 Å². The Balaban J connectivity index is 2.20. The fourth-order valence-corrected chi connectivity index (χ4v) is 2.03. The monoisotopic (exact) mass is 345 g/mol. The molecule has 7 nitrogen and oxygen atoms in total. The maximum absolute atomic E-state index is 12.4. The molecule has 0 atom stereocenters. The normalized spacial score (nSPS) is 10.4. The summed E-state index contributed by atoms with van der Waals surface area (Å²) in [6.07, 6.45) is 3.27. The van der Waals surface area contributed by atoms with E-state index in [1.165, 1.54) is 4.57 Å². The third kappa shape index (κ3) is 5.07. The van der Waals surface area contributed by atoms with Crippen molar-refractivity contribution in [1.29, 1.82) is 0 Å². The number of amides is 1. The maximum Gasteiger partial charge on any atom is 0.349 e. The predicted octanol–water partition coefficient (Wildman–Crippen LogP) is 2.61. The van der Waals surface area contributed by atoms with Crippen molar-refractivity contribution >= 4 is 11.7 Å². The number of hydrogen-bond donors (Lipinski definition) is 1. The van der Waals surface area contributed by atoms with E-state index >= 15 is 0 Å².